The van der Waals surface area contributed by atoms with Gasteiger partial charge in [-0.2, -0.15) is 0 Å². The van der Waals surface area contributed by atoms with Crippen LogP contribution in [-0.2, 0) is 0 Å². The van der Waals surface area contributed by atoms with Gasteiger partial charge in [0.25, 0.3) is 5.91 Å². The summed E-state index contributed by atoms with van der Waals surface area (Å²) in [5.74, 6) is -0.0255. The van der Waals surface area contributed by atoms with E-state index in [1.54, 1.807) is 4.90 Å². The first-order valence-electron chi connectivity index (χ1n) is 7.02. The first-order valence-corrected chi connectivity index (χ1v) is 7.83. The monoisotopic (exact) mass is 305 g/mol. The van der Waals surface area contributed by atoms with Gasteiger partial charge in [-0.1, -0.05) is 20.8 Å². The van der Waals surface area contributed by atoms with E-state index in [0.29, 0.717) is 17.1 Å². The van der Waals surface area contributed by atoms with Crippen molar-refractivity contribution in [3.05, 3.63) is 22.2 Å². The lowest BCUT2D eigenvalue weighted by atomic mass is 9.96. The van der Waals surface area contributed by atoms with Crippen LogP contribution in [0.5, 0.6) is 0 Å². The van der Waals surface area contributed by atoms with Crippen LogP contribution < -0.4 is 5.73 Å². The largest absolute Gasteiger partial charge is 0.397 e. The summed E-state index contributed by atoms with van der Waals surface area (Å²) in [4.78, 5) is 20.3. The Morgan fingerprint density at radius 3 is 2.57 bits per heavy atom. The van der Waals surface area contributed by atoms with Crippen LogP contribution in [0, 0.1) is 19.3 Å². The van der Waals surface area contributed by atoms with E-state index in [9.17, 15) is 4.79 Å². The highest BCUT2D eigenvalue weighted by Gasteiger charge is 2.24. The molecule has 0 unspecified atom stereocenters. The summed E-state index contributed by atoms with van der Waals surface area (Å²) >= 11 is 1.39. The molecule has 0 spiro atoms. The molecule has 2 aromatic heterocycles. The molecule has 0 radical (unpaired) electrons. The third kappa shape index (κ3) is 3.18. The number of nitrogen functional groups attached to an aromatic ring is 1. The highest BCUT2D eigenvalue weighted by atomic mass is 32.1. The molecule has 1 amide bonds. The van der Waals surface area contributed by atoms with Crippen molar-refractivity contribution >= 4 is 33.1 Å². The third-order valence-corrected chi connectivity index (χ3v) is 4.36. The molecule has 5 heteroatoms. The zero-order chi connectivity index (χ0) is 15.9. The third-order valence-electron chi connectivity index (χ3n) is 3.28. The van der Waals surface area contributed by atoms with Gasteiger partial charge in [-0.15, -0.1) is 11.3 Å². The minimum Gasteiger partial charge on any atom is -0.397 e. The van der Waals surface area contributed by atoms with Crippen molar-refractivity contribution in [3.8, 4) is 0 Å². The van der Waals surface area contributed by atoms with Gasteiger partial charge in [0, 0.05) is 24.7 Å². The maximum atomic E-state index is 12.6. The molecular formula is C16H23N3OS. The smallest absolute Gasteiger partial charge is 0.265 e. The number of hydrogen-bond donors (Lipinski definition) is 1. The summed E-state index contributed by atoms with van der Waals surface area (Å²) in [6.45, 7) is 11.0. The molecule has 0 saturated heterocycles. The van der Waals surface area contributed by atoms with E-state index in [1.165, 1.54) is 11.3 Å². The number of hydrogen-bond acceptors (Lipinski definition) is 4. The number of rotatable bonds is 2. The summed E-state index contributed by atoms with van der Waals surface area (Å²) in [5.41, 5.74) is 8.85. The first-order chi connectivity index (χ1) is 9.60. The number of fused-ring (bicyclic) bond motifs is 1. The number of carbonyl (C=O) groups excluding carboxylic acids is 1. The summed E-state index contributed by atoms with van der Waals surface area (Å²) in [5, 5.41) is 0.915. The Kier molecular flexibility index (Phi) is 3.97. The van der Waals surface area contributed by atoms with E-state index in [1.807, 2.05) is 27.0 Å². The minimum atomic E-state index is -0.0255. The number of nitrogens with two attached hydrogens (primary N) is 1. The topological polar surface area (TPSA) is 59.2 Å². The lowest BCUT2D eigenvalue weighted by molar-refractivity contribution is 0.0751. The highest BCUT2D eigenvalue weighted by Crippen LogP contribution is 2.35. The van der Waals surface area contributed by atoms with Crippen LogP contribution in [0.25, 0.3) is 10.2 Å². The predicted octanol–water partition coefficient (Wildman–Crippen LogP) is 3.61. The van der Waals surface area contributed by atoms with E-state index in [-0.39, 0.29) is 11.3 Å². The van der Waals surface area contributed by atoms with Gasteiger partial charge in [0.1, 0.15) is 9.71 Å². The van der Waals surface area contributed by atoms with E-state index < -0.39 is 0 Å². The van der Waals surface area contributed by atoms with Gasteiger partial charge in [-0.3, -0.25) is 4.79 Å². The van der Waals surface area contributed by atoms with Crippen molar-refractivity contribution in [2.75, 3.05) is 19.3 Å². The summed E-state index contributed by atoms with van der Waals surface area (Å²) in [7, 11) is 1.82. The van der Waals surface area contributed by atoms with E-state index in [4.69, 9.17) is 5.73 Å². The zero-order valence-electron chi connectivity index (χ0n) is 13.6. The van der Waals surface area contributed by atoms with Gasteiger partial charge in [-0.25, -0.2) is 4.98 Å². The Morgan fingerprint density at radius 1 is 1.38 bits per heavy atom. The second-order valence-electron chi connectivity index (χ2n) is 6.83. The fourth-order valence-corrected chi connectivity index (χ4v) is 3.80. The molecule has 2 N–H and O–H groups in total. The van der Waals surface area contributed by atoms with Crippen LogP contribution in [0.1, 0.15) is 41.7 Å². The number of aromatic nitrogens is 1. The molecule has 0 aromatic carbocycles. The van der Waals surface area contributed by atoms with Crippen LogP contribution in [-0.4, -0.2) is 29.4 Å². The molecule has 0 saturated carbocycles. The normalized spacial score (nSPS) is 11.9. The van der Waals surface area contributed by atoms with Crippen molar-refractivity contribution in [1.29, 1.82) is 0 Å². The lowest BCUT2D eigenvalue weighted by Crippen LogP contribution is -2.34. The number of aryl methyl sites for hydroxylation is 2. The molecule has 0 fully saturated rings. The maximum absolute atomic E-state index is 12.6. The molecule has 21 heavy (non-hydrogen) atoms. The molecule has 0 atom stereocenters. The van der Waals surface area contributed by atoms with Gasteiger partial charge in [0.15, 0.2) is 0 Å². The molecule has 114 valence electrons. The Hall–Kier alpha value is -1.62. The molecule has 0 bridgehead atoms. The quantitative estimate of drug-likeness (QED) is 0.922. The lowest BCUT2D eigenvalue weighted by Gasteiger charge is -2.26. The van der Waals surface area contributed by atoms with Crippen LogP contribution in [0.15, 0.2) is 6.07 Å². The number of thiophene rings is 1. The number of anilines is 1. The average Bonchev–Trinajstić information content (AvgIpc) is 2.63. The Labute approximate surface area is 130 Å². The van der Waals surface area contributed by atoms with Crippen molar-refractivity contribution in [1.82, 2.24) is 9.88 Å². The Morgan fingerprint density at radius 2 is 2.00 bits per heavy atom. The predicted molar refractivity (Wildman–Crippen MR) is 89.9 cm³/mol. The van der Waals surface area contributed by atoms with E-state index in [0.717, 1.165) is 21.5 Å². The highest BCUT2D eigenvalue weighted by molar-refractivity contribution is 7.21. The minimum absolute atomic E-state index is 0.0255. The number of nitrogens with zero attached hydrogens (tertiary/aromatic N) is 2. The van der Waals surface area contributed by atoms with Crippen molar-refractivity contribution < 1.29 is 4.79 Å². The first kappa shape index (κ1) is 15.8. The number of carbonyl (C=O) groups is 1. The van der Waals surface area contributed by atoms with Crippen molar-refractivity contribution in [2.45, 2.75) is 34.6 Å². The number of amides is 1. The zero-order valence-corrected chi connectivity index (χ0v) is 14.4. The van der Waals surface area contributed by atoms with Crippen molar-refractivity contribution in [2.24, 2.45) is 5.41 Å². The van der Waals surface area contributed by atoms with E-state index in [2.05, 4.69) is 25.8 Å². The Balaban J connectivity index is 2.45. The molecule has 4 nitrogen and oxygen atoms in total. The molecule has 0 aliphatic heterocycles. The van der Waals surface area contributed by atoms with Gasteiger partial charge in [0.2, 0.25) is 0 Å². The molecular weight excluding hydrogens is 282 g/mol. The molecule has 0 aliphatic carbocycles. The van der Waals surface area contributed by atoms with Crippen molar-refractivity contribution in [3.63, 3.8) is 0 Å². The Bertz CT molecular complexity index is 698. The second-order valence-corrected chi connectivity index (χ2v) is 7.83. The second kappa shape index (κ2) is 5.30. The van der Waals surface area contributed by atoms with Gasteiger partial charge in [0.05, 0.1) is 5.69 Å². The molecule has 2 heterocycles. The van der Waals surface area contributed by atoms with Crippen LogP contribution in [0.3, 0.4) is 0 Å². The van der Waals surface area contributed by atoms with Gasteiger partial charge >= 0.3 is 0 Å². The standard InChI is InChI=1S/C16H23N3OS/c1-9-7-10(2)18-14-11(9)12(17)13(21-14)15(20)19(6)8-16(3,4)5/h7H,8,17H2,1-6H3. The van der Waals surface area contributed by atoms with Gasteiger partial charge < -0.3 is 10.6 Å². The molecule has 2 aromatic rings. The van der Waals surface area contributed by atoms with Crippen LogP contribution in [0.2, 0.25) is 0 Å². The molecule has 0 aliphatic rings. The fraction of sp³-hybridized carbons (Fsp3) is 0.500. The number of pyridine rings is 1. The molecule has 2 rings (SSSR count). The SMILES string of the molecule is Cc1cc(C)c2c(N)c(C(=O)N(C)CC(C)(C)C)sc2n1. The maximum Gasteiger partial charge on any atom is 0.265 e. The summed E-state index contributed by atoms with van der Waals surface area (Å²) in [6, 6.07) is 2.00. The fourth-order valence-electron chi connectivity index (χ4n) is 2.58. The van der Waals surface area contributed by atoms with E-state index >= 15 is 0 Å². The van der Waals surface area contributed by atoms with Crippen LogP contribution >= 0.6 is 11.3 Å². The van der Waals surface area contributed by atoms with Crippen LogP contribution in [0.4, 0.5) is 5.69 Å². The summed E-state index contributed by atoms with van der Waals surface area (Å²) < 4.78 is 0. The average molecular weight is 305 g/mol. The van der Waals surface area contributed by atoms with Gasteiger partial charge in [-0.05, 0) is 30.9 Å². The summed E-state index contributed by atoms with van der Waals surface area (Å²) in [6.07, 6.45) is 0.